The minimum absolute atomic E-state index is 0.0584. The van der Waals surface area contributed by atoms with Gasteiger partial charge in [0.25, 0.3) is 0 Å². The first kappa shape index (κ1) is 25.2. The Balaban J connectivity index is 1.65. The number of hydrogen-bond donors (Lipinski definition) is 4. The number of hydrazine groups is 1. The molecule has 0 spiro atoms. The fraction of sp³-hybridized carbons (Fsp3) is 0.348. The predicted molar refractivity (Wildman–Crippen MR) is 125 cm³/mol. The van der Waals surface area contributed by atoms with Crippen molar-refractivity contribution in [1.29, 1.82) is 0 Å². The van der Waals surface area contributed by atoms with Gasteiger partial charge >= 0.3 is 5.97 Å². The van der Waals surface area contributed by atoms with Gasteiger partial charge in [-0.1, -0.05) is 0 Å². The quantitative estimate of drug-likeness (QED) is 0.204. The van der Waals surface area contributed by atoms with Gasteiger partial charge in [0.1, 0.15) is 12.4 Å². The molecule has 0 unspecified atom stereocenters. The predicted octanol–water partition coefficient (Wildman–Crippen LogP) is 1.94. The summed E-state index contributed by atoms with van der Waals surface area (Å²) in [5, 5.41) is 12.7. The number of imidazole rings is 1. The van der Waals surface area contributed by atoms with Crippen LogP contribution in [-0.2, 0) is 19.1 Å². The zero-order valence-electron chi connectivity index (χ0n) is 19.7. The standard InChI is InChI=1S/C23H26FN7O5/c1-3-31(25)21(34)23(2)11-35-20(36-12-23)19-29-17(13-4-6-14(24)7-5-13)18(30-19)15-8-9-26-22(28-15)27-10-16(32)33/h4-9,20H,3,10-12,25H2,1-2H3,(H,29,30)(H,32,33)(H,26,27,28). The molecule has 1 saturated heterocycles. The Bertz CT molecular complexity index is 1240. The first-order valence-electron chi connectivity index (χ1n) is 11.1. The number of aromatic nitrogens is 4. The van der Waals surface area contributed by atoms with Crippen LogP contribution < -0.4 is 11.2 Å². The molecule has 1 aliphatic heterocycles. The third-order valence-electron chi connectivity index (χ3n) is 5.60. The molecular weight excluding hydrogens is 473 g/mol. The number of rotatable bonds is 8. The molecule has 5 N–H and O–H groups in total. The zero-order valence-corrected chi connectivity index (χ0v) is 19.7. The molecule has 0 saturated carbocycles. The van der Waals surface area contributed by atoms with Gasteiger partial charge in [-0.25, -0.2) is 25.2 Å². The van der Waals surface area contributed by atoms with Crippen molar-refractivity contribution in [3.63, 3.8) is 0 Å². The Morgan fingerprint density at radius 1 is 1.25 bits per heavy atom. The number of carboxylic acid groups (broad SMARTS) is 1. The number of hydrogen-bond acceptors (Lipinski definition) is 9. The summed E-state index contributed by atoms with van der Waals surface area (Å²) < 4.78 is 25.3. The maximum atomic E-state index is 13.6. The minimum Gasteiger partial charge on any atom is -0.480 e. The van der Waals surface area contributed by atoms with Gasteiger partial charge in [-0.05, 0) is 44.2 Å². The van der Waals surface area contributed by atoms with Crippen LogP contribution >= 0.6 is 0 Å². The van der Waals surface area contributed by atoms with Crippen LogP contribution in [0.2, 0.25) is 0 Å². The highest BCUT2D eigenvalue weighted by Gasteiger charge is 2.42. The lowest BCUT2D eigenvalue weighted by atomic mass is 9.90. The van der Waals surface area contributed by atoms with Gasteiger partial charge in [0.2, 0.25) is 18.1 Å². The van der Waals surface area contributed by atoms with Crippen molar-refractivity contribution in [2.45, 2.75) is 20.1 Å². The molecule has 1 aliphatic rings. The highest BCUT2D eigenvalue weighted by atomic mass is 19.1. The van der Waals surface area contributed by atoms with E-state index in [0.717, 1.165) is 5.01 Å². The van der Waals surface area contributed by atoms with Crippen LogP contribution in [0.1, 0.15) is 26.0 Å². The second kappa shape index (κ2) is 10.4. The molecule has 1 aromatic carbocycles. The number of anilines is 1. The van der Waals surface area contributed by atoms with E-state index in [-0.39, 0.29) is 31.6 Å². The van der Waals surface area contributed by atoms with E-state index in [2.05, 4.69) is 25.3 Å². The van der Waals surface area contributed by atoms with E-state index in [1.807, 2.05) is 0 Å². The van der Waals surface area contributed by atoms with E-state index < -0.39 is 23.5 Å². The van der Waals surface area contributed by atoms with Crippen molar-refractivity contribution in [3.05, 3.63) is 48.2 Å². The van der Waals surface area contributed by atoms with Crippen molar-refractivity contribution in [1.82, 2.24) is 24.9 Å². The summed E-state index contributed by atoms with van der Waals surface area (Å²) in [5.74, 6) is 4.44. The number of carbonyl (C=O) groups is 2. The molecular formula is C23H26FN7O5. The molecule has 0 radical (unpaired) electrons. The smallest absolute Gasteiger partial charge is 0.322 e. The number of nitrogens with zero attached hydrogens (tertiary/aromatic N) is 4. The molecule has 1 fully saturated rings. The molecule has 0 aliphatic carbocycles. The molecule has 2 aromatic heterocycles. The summed E-state index contributed by atoms with van der Waals surface area (Å²) in [6.07, 6.45) is 0.566. The molecule has 12 nitrogen and oxygen atoms in total. The lowest BCUT2D eigenvalue weighted by Gasteiger charge is -2.37. The van der Waals surface area contributed by atoms with Crippen LogP contribution in [0.5, 0.6) is 0 Å². The Labute approximate surface area is 205 Å². The van der Waals surface area contributed by atoms with Crippen LogP contribution in [0.3, 0.4) is 0 Å². The Morgan fingerprint density at radius 2 is 1.94 bits per heavy atom. The summed E-state index contributed by atoms with van der Waals surface area (Å²) in [6, 6.07) is 7.38. The topological polar surface area (TPSA) is 169 Å². The third-order valence-corrected chi connectivity index (χ3v) is 5.60. The average Bonchev–Trinajstić information content (AvgIpc) is 3.33. The van der Waals surface area contributed by atoms with Gasteiger partial charge in [-0.2, -0.15) is 0 Å². The SMILES string of the molecule is CCN(N)C(=O)C1(C)COC(c2nc(-c3ccc(F)cc3)c(-c3ccnc(NCC(=O)O)n3)[nH]2)OC1. The maximum absolute atomic E-state index is 13.6. The van der Waals surface area contributed by atoms with Crippen molar-refractivity contribution in [3.8, 4) is 22.6 Å². The largest absolute Gasteiger partial charge is 0.480 e. The van der Waals surface area contributed by atoms with E-state index in [9.17, 15) is 14.0 Å². The van der Waals surface area contributed by atoms with Crippen molar-refractivity contribution >= 4 is 17.8 Å². The Hall–Kier alpha value is -3.94. The highest BCUT2D eigenvalue weighted by Crippen LogP contribution is 2.36. The van der Waals surface area contributed by atoms with Crippen LogP contribution in [-0.4, -0.2) is 68.2 Å². The van der Waals surface area contributed by atoms with Crippen LogP contribution in [0.25, 0.3) is 22.6 Å². The van der Waals surface area contributed by atoms with Crippen molar-refractivity contribution in [2.75, 3.05) is 31.6 Å². The number of ether oxygens (including phenoxy) is 2. The van der Waals surface area contributed by atoms with Crippen molar-refractivity contribution in [2.24, 2.45) is 11.3 Å². The monoisotopic (exact) mass is 499 g/mol. The second-order valence-electron chi connectivity index (χ2n) is 8.47. The third kappa shape index (κ3) is 5.32. The number of H-pyrrole nitrogens is 1. The fourth-order valence-corrected chi connectivity index (χ4v) is 3.62. The van der Waals surface area contributed by atoms with Gasteiger partial charge in [0, 0.05) is 18.3 Å². The number of aromatic amines is 1. The van der Waals surface area contributed by atoms with Crippen LogP contribution in [0.15, 0.2) is 36.5 Å². The molecule has 13 heteroatoms. The zero-order chi connectivity index (χ0) is 25.9. The van der Waals surface area contributed by atoms with E-state index in [0.29, 0.717) is 35.0 Å². The molecule has 190 valence electrons. The summed E-state index contributed by atoms with van der Waals surface area (Å²) >= 11 is 0. The number of benzene rings is 1. The number of nitrogens with two attached hydrogens (primary N) is 1. The van der Waals surface area contributed by atoms with E-state index in [4.69, 9.17) is 20.4 Å². The average molecular weight is 500 g/mol. The van der Waals surface area contributed by atoms with Crippen molar-refractivity contribution < 1.29 is 28.6 Å². The minimum atomic E-state index is -1.06. The Morgan fingerprint density at radius 3 is 2.58 bits per heavy atom. The first-order valence-corrected chi connectivity index (χ1v) is 11.1. The molecule has 4 rings (SSSR count). The maximum Gasteiger partial charge on any atom is 0.322 e. The Kier molecular flexibility index (Phi) is 7.24. The fourth-order valence-electron chi connectivity index (χ4n) is 3.62. The molecule has 0 atom stereocenters. The first-order chi connectivity index (χ1) is 17.2. The summed E-state index contributed by atoms with van der Waals surface area (Å²) in [5.41, 5.74) is 0.976. The molecule has 1 amide bonds. The van der Waals surface area contributed by atoms with Gasteiger partial charge in [-0.15, -0.1) is 0 Å². The summed E-state index contributed by atoms with van der Waals surface area (Å²) in [7, 11) is 0. The molecule has 36 heavy (non-hydrogen) atoms. The van der Waals surface area contributed by atoms with E-state index >= 15 is 0 Å². The lowest BCUT2D eigenvalue weighted by Crippen LogP contribution is -2.52. The van der Waals surface area contributed by atoms with E-state index in [1.54, 1.807) is 32.0 Å². The summed E-state index contributed by atoms with van der Waals surface area (Å²) in [4.78, 5) is 39.7. The highest BCUT2D eigenvalue weighted by molar-refractivity contribution is 5.82. The van der Waals surface area contributed by atoms with Gasteiger partial charge in [-0.3, -0.25) is 14.6 Å². The molecule has 0 bridgehead atoms. The number of amides is 1. The summed E-state index contributed by atoms with van der Waals surface area (Å²) in [6.45, 7) is 3.59. The number of carbonyl (C=O) groups excluding carboxylic acids is 1. The van der Waals surface area contributed by atoms with Gasteiger partial charge < -0.3 is 24.9 Å². The van der Waals surface area contributed by atoms with Crippen LogP contribution in [0.4, 0.5) is 10.3 Å². The normalized spacial score (nSPS) is 19.6. The number of carboxylic acids is 1. The lowest BCUT2D eigenvalue weighted by molar-refractivity contribution is -0.234. The number of halogens is 1. The van der Waals surface area contributed by atoms with Gasteiger partial charge in [0.05, 0.1) is 35.7 Å². The number of nitrogens with one attached hydrogen (secondary N) is 2. The number of aliphatic carboxylic acids is 1. The molecule has 3 heterocycles. The van der Waals surface area contributed by atoms with E-state index in [1.165, 1.54) is 18.3 Å². The van der Waals surface area contributed by atoms with Gasteiger partial charge in [0.15, 0.2) is 5.82 Å². The molecule has 3 aromatic rings. The second-order valence-corrected chi connectivity index (χ2v) is 8.47. The van der Waals surface area contributed by atoms with Crippen LogP contribution in [0, 0.1) is 11.2 Å².